The van der Waals surface area contributed by atoms with Crippen molar-refractivity contribution < 1.29 is 12.8 Å². The van der Waals surface area contributed by atoms with E-state index in [9.17, 15) is 12.8 Å². The van der Waals surface area contributed by atoms with Crippen molar-refractivity contribution in [1.29, 1.82) is 0 Å². The Morgan fingerprint density at radius 3 is 2.68 bits per heavy atom. The summed E-state index contributed by atoms with van der Waals surface area (Å²) in [6.07, 6.45) is 2.49. The van der Waals surface area contributed by atoms with Gasteiger partial charge in [0.25, 0.3) is 16.0 Å². The summed E-state index contributed by atoms with van der Waals surface area (Å²) in [5.41, 5.74) is 4.94. The third kappa shape index (κ3) is 2.88. The van der Waals surface area contributed by atoms with Gasteiger partial charge in [-0.25, -0.2) is 22.5 Å². The highest BCUT2D eigenvalue weighted by Crippen LogP contribution is 2.26. The molecule has 7 nitrogen and oxygen atoms in total. The molecular weight excluding hydrogens is 297 g/mol. The van der Waals surface area contributed by atoms with Crippen LogP contribution in [0.4, 0.5) is 16.0 Å². The Kier molecular flexibility index (Phi) is 3.49. The summed E-state index contributed by atoms with van der Waals surface area (Å²) in [6, 6.07) is 2.04. The fourth-order valence-corrected chi connectivity index (χ4v) is 2.62. The molecule has 1 aromatic carbocycles. The number of rotatable bonds is 3. The van der Waals surface area contributed by atoms with E-state index in [4.69, 9.17) is 17.3 Å². The zero-order valence-electron chi connectivity index (χ0n) is 9.21. The highest BCUT2D eigenvalue weighted by Gasteiger charge is 2.22. The summed E-state index contributed by atoms with van der Waals surface area (Å²) in [6.45, 7) is 0. The summed E-state index contributed by atoms with van der Waals surface area (Å²) in [5.74, 6) is -1.39. The van der Waals surface area contributed by atoms with Crippen LogP contribution in [0.3, 0.4) is 0 Å². The van der Waals surface area contributed by atoms with Crippen molar-refractivity contribution in [3.05, 3.63) is 35.4 Å². The second-order valence-electron chi connectivity index (χ2n) is 3.38. The van der Waals surface area contributed by atoms with Gasteiger partial charge in [0, 0.05) is 5.02 Å². The van der Waals surface area contributed by atoms with E-state index >= 15 is 0 Å². The molecule has 19 heavy (non-hydrogen) atoms. The fourth-order valence-electron chi connectivity index (χ4n) is 1.25. The molecule has 10 heteroatoms. The lowest BCUT2D eigenvalue weighted by molar-refractivity contribution is 0.572. The number of nitrogen functional groups attached to an aromatic ring is 1. The van der Waals surface area contributed by atoms with Crippen molar-refractivity contribution in [2.45, 2.75) is 4.90 Å². The molecule has 0 saturated heterocycles. The molecule has 0 saturated carbocycles. The summed E-state index contributed by atoms with van der Waals surface area (Å²) in [4.78, 5) is 2.92. The minimum atomic E-state index is -4.24. The number of aromatic nitrogens is 3. The van der Waals surface area contributed by atoms with Crippen LogP contribution in [-0.4, -0.2) is 23.6 Å². The van der Waals surface area contributed by atoms with Crippen molar-refractivity contribution in [1.82, 2.24) is 15.2 Å². The first-order chi connectivity index (χ1) is 8.90. The van der Waals surface area contributed by atoms with Gasteiger partial charge in [0.1, 0.15) is 4.90 Å². The first kappa shape index (κ1) is 13.4. The lowest BCUT2D eigenvalue weighted by atomic mass is 10.3. The second-order valence-corrected chi connectivity index (χ2v) is 5.47. The number of benzene rings is 1. The molecule has 3 N–H and O–H groups in total. The zero-order chi connectivity index (χ0) is 14.0. The third-order valence-electron chi connectivity index (χ3n) is 2.03. The van der Waals surface area contributed by atoms with Gasteiger partial charge in [0.2, 0.25) is 0 Å². The smallest absolute Gasteiger partial charge is 0.267 e. The van der Waals surface area contributed by atoms with Crippen LogP contribution >= 0.6 is 11.6 Å². The summed E-state index contributed by atoms with van der Waals surface area (Å²) >= 11 is 5.65. The molecule has 2 aromatic rings. The number of nitrogens with one attached hydrogen (secondary N) is 1. The molecule has 0 spiro atoms. The molecule has 0 aliphatic carbocycles. The molecule has 1 aromatic heterocycles. The quantitative estimate of drug-likeness (QED) is 0.820. The van der Waals surface area contributed by atoms with Crippen LogP contribution in [0.5, 0.6) is 0 Å². The SMILES string of the molecule is Nc1cc(Cl)cc(S(=O)(=O)Nc2nccnn2)c1F. The van der Waals surface area contributed by atoms with E-state index in [-0.39, 0.29) is 16.7 Å². The van der Waals surface area contributed by atoms with Crippen LogP contribution in [0.1, 0.15) is 0 Å². The van der Waals surface area contributed by atoms with Crippen molar-refractivity contribution in [3.8, 4) is 0 Å². The molecule has 2 rings (SSSR count). The molecule has 0 amide bonds. The first-order valence-corrected chi connectivity index (χ1v) is 6.67. The van der Waals surface area contributed by atoms with Gasteiger partial charge >= 0.3 is 0 Å². The third-order valence-corrected chi connectivity index (χ3v) is 3.58. The maximum Gasteiger partial charge on any atom is 0.267 e. The van der Waals surface area contributed by atoms with Crippen LogP contribution in [-0.2, 0) is 10.0 Å². The van der Waals surface area contributed by atoms with Crippen LogP contribution in [0, 0.1) is 5.82 Å². The molecule has 0 aliphatic rings. The Morgan fingerprint density at radius 1 is 1.32 bits per heavy atom. The first-order valence-electron chi connectivity index (χ1n) is 4.81. The summed E-state index contributed by atoms with van der Waals surface area (Å²) in [5, 5.41) is 6.85. The fraction of sp³-hybridized carbons (Fsp3) is 0. The van der Waals surface area contributed by atoms with E-state index in [0.717, 1.165) is 12.1 Å². The summed E-state index contributed by atoms with van der Waals surface area (Å²) in [7, 11) is -4.24. The Balaban J connectivity index is 2.46. The lowest BCUT2D eigenvalue weighted by Crippen LogP contribution is -2.17. The van der Waals surface area contributed by atoms with Crippen molar-refractivity contribution in [2.75, 3.05) is 10.5 Å². The molecule has 0 unspecified atom stereocenters. The number of sulfonamides is 1. The van der Waals surface area contributed by atoms with E-state index in [1.807, 2.05) is 4.72 Å². The average Bonchev–Trinajstić information content (AvgIpc) is 2.34. The van der Waals surface area contributed by atoms with Gasteiger partial charge in [0.05, 0.1) is 18.1 Å². The van der Waals surface area contributed by atoms with Crippen molar-refractivity contribution >= 4 is 33.3 Å². The number of nitrogens with zero attached hydrogens (tertiary/aromatic N) is 3. The molecule has 0 radical (unpaired) electrons. The van der Waals surface area contributed by atoms with Crippen LogP contribution in [0.2, 0.25) is 5.02 Å². The Morgan fingerprint density at radius 2 is 2.05 bits per heavy atom. The van der Waals surface area contributed by atoms with Gasteiger partial charge in [-0.3, -0.25) is 0 Å². The maximum absolute atomic E-state index is 13.7. The van der Waals surface area contributed by atoms with Gasteiger partial charge in [-0.1, -0.05) is 11.6 Å². The van der Waals surface area contributed by atoms with Gasteiger partial charge in [-0.05, 0) is 12.1 Å². The zero-order valence-corrected chi connectivity index (χ0v) is 10.8. The molecular formula is C9H7ClFN5O2S. The van der Waals surface area contributed by atoms with Crippen molar-refractivity contribution in [2.24, 2.45) is 0 Å². The average molecular weight is 304 g/mol. The Bertz CT molecular complexity index is 710. The minimum absolute atomic E-state index is 0.00798. The van der Waals surface area contributed by atoms with Gasteiger partial charge < -0.3 is 5.73 Å². The number of halogens is 2. The number of anilines is 2. The van der Waals surface area contributed by atoms with Crippen LogP contribution in [0.25, 0.3) is 0 Å². The number of hydrogen-bond acceptors (Lipinski definition) is 6. The predicted octanol–water partition coefficient (Wildman–Crippen LogP) is 1.05. The van der Waals surface area contributed by atoms with E-state index < -0.39 is 20.7 Å². The molecule has 0 aliphatic heterocycles. The van der Waals surface area contributed by atoms with E-state index in [1.54, 1.807) is 0 Å². The van der Waals surface area contributed by atoms with E-state index in [0.29, 0.717) is 0 Å². The topological polar surface area (TPSA) is 111 Å². The largest absolute Gasteiger partial charge is 0.396 e. The molecule has 1 heterocycles. The van der Waals surface area contributed by atoms with E-state index in [2.05, 4.69) is 15.2 Å². The number of hydrogen-bond donors (Lipinski definition) is 2. The van der Waals surface area contributed by atoms with Crippen LogP contribution in [0.15, 0.2) is 29.4 Å². The molecule has 0 fully saturated rings. The van der Waals surface area contributed by atoms with Gasteiger partial charge in [-0.2, -0.15) is 5.10 Å². The molecule has 100 valence electrons. The molecule has 0 bridgehead atoms. The summed E-state index contributed by atoms with van der Waals surface area (Å²) < 4.78 is 39.6. The highest BCUT2D eigenvalue weighted by molar-refractivity contribution is 7.92. The van der Waals surface area contributed by atoms with Crippen LogP contribution < -0.4 is 10.5 Å². The Labute approximate surface area is 112 Å². The normalized spacial score (nSPS) is 11.3. The highest BCUT2D eigenvalue weighted by atomic mass is 35.5. The molecule has 0 atom stereocenters. The standard InChI is InChI=1S/C9H7ClFN5O2S/c10-5-3-6(12)8(11)7(4-5)19(17,18)16-9-13-1-2-14-15-9/h1-4H,12H2,(H,13,15,16). The lowest BCUT2D eigenvalue weighted by Gasteiger charge is -2.08. The second kappa shape index (κ2) is 4.94. The monoisotopic (exact) mass is 303 g/mol. The maximum atomic E-state index is 13.7. The van der Waals surface area contributed by atoms with Gasteiger partial charge in [-0.15, -0.1) is 5.10 Å². The van der Waals surface area contributed by atoms with Gasteiger partial charge in [0.15, 0.2) is 5.82 Å². The minimum Gasteiger partial charge on any atom is -0.396 e. The predicted molar refractivity (Wildman–Crippen MR) is 66.5 cm³/mol. The number of nitrogens with two attached hydrogens (primary N) is 1. The Hall–Kier alpha value is -2.00. The van der Waals surface area contributed by atoms with Crippen molar-refractivity contribution in [3.63, 3.8) is 0 Å². The van der Waals surface area contributed by atoms with E-state index in [1.165, 1.54) is 12.4 Å².